The number of hydrogen-bond acceptors (Lipinski definition) is 7. The zero-order chi connectivity index (χ0) is 21.4. The van der Waals surface area contributed by atoms with Crippen molar-refractivity contribution in [3.8, 4) is 22.8 Å². The van der Waals surface area contributed by atoms with Crippen LogP contribution in [0.1, 0.15) is 17.5 Å². The van der Waals surface area contributed by atoms with Gasteiger partial charge in [-0.15, -0.1) is 21.5 Å². The van der Waals surface area contributed by atoms with Gasteiger partial charge in [0.1, 0.15) is 0 Å². The first kappa shape index (κ1) is 20.0. The van der Waals surface area contributed by atoms with Crippen LogP contribution in [0, 0.1) is 6.92 Å². The Morgan fingerprint density at radius 2 is 2.19 bits per heavy atom. The van der Waals surface area contributed by atoms with Gasteiger partial charge in [0.15, 0.2) is 16.7 Å². The summed E-state index contributed by atoms with van der Waals surface area (Å²) in [7, 11) is 0. The van der Waals surface area contributed by atoms with Gasteiger partial charge in [-0.25, -0.2) is 4.98 Å². The van der Waals surface area contributed by atoms with Gasteiger partial charge >= 0.3 is 0 Å². The molecule has 0 N–H and O–H groups in total. The quantitative estimate of drug-likeness (QED) is 0.397. The lowest BCUT2D eigenvalue weighted by Crippen LogP contribution is -2.30. The maximum absolute atomic E-state index is 13.0. The second kappa shape index (κ2) is 8.32. The predicted octanol–water partition coefficient (Wildman–Crippen LogP) is 4.67. The molecule has 4 aromatic rings. The van der Waals surface area contributed by atoms with E-state index in [4.69, 9.17) is 4.42 Å². The number of hydrogen-bond donors (Lipinski definition) is 0. The zero-order valence-electron chi connectivity index (χ0n) is 17.2. The minimum atomic E-state index is 0.0752. The van der Waals surface area contributed by atoms with E-state index in [0.717, 1.165) is 33.5 Å². The van der Waals surface area contributed by atoms with E-state index in [1.54, 1.807) is 17.6 Å². The summed E-state index contributed by atoms with van der Waals surface area (Å²) in [4.78, 5) is 19.4. The van der Waals surface area contributed by atoms with Crippen molar-refractivity contribution in [2.24, 2.45) is 0 Å². The van der Waals surface area contributed by atoms with Gasteiger partial charge in [-0.05, 0) is 50.1 Å². The molecule has 0 spiro atoms. The number of fused-ring (bicyclic) bond motifs is 1. The molecule has 0 atom stereocenters. The monoisotopic (exact) mass is 451 g/mol. The van der Waals surface area contributed by atoms with E-state index in [-0.39, 0.29) is 5.91 Å². The molecule has 0 bridgehead atoms. The Morgan fingerprint density at radius 1 is 1.29 bits per heavy atom. The molecular formula is C22H21N5O2S2. The van der Waals surface area contributed by atoms with Gasteiger partial charge in [-0.3, -0.25) is 9.36 Å². The van der Waals surface area contributed by atoms with Crippen LogP contribution in [0.3, 0.4) is 0 Å². The minimum absolute atomic E-state index is 0.0752. The molecule has 1 aliphatic heterocycles. The largest absolute Gasteiger partial charge is 0.461 e. The van der Waals surface area contributed by atoms with Gasteiger partial charge in [0.25, 0.3) is 0 Å². The molecule has 1 amide bonds. The number of carbonyl (C=O) groups excluding carboxylic acids is 1. The third-order valence-electron chi connectivity index (χ3n) is 5.29. The highest BCUT2D eigenvalue weighted by atomic mass is 32.2. The maximum atomic E-state index is 13.0. The molecule has 31 heavy (non-hydrogen) atoms. The Labute approximate surface area is 188 Å². The predicted molar refractivity (Wildman–Crippen MR) is 122 cm³/mol. The summed E-state index contributed by atoms with van der Waals surface area (Å²) in [5, 5.41) is 12.4. The van der Waals surface area contributed by atoms with Crippen molar-refractivity contribution in [2.45, 2.75) is 32.0 Å². The fourth-order valence-electron chi connectivity index (χ4n) is 3.79. The smallest absolute Gasteiger partial charge is 0.237 e. The lowest BCUT2D eigenvalue weighted by molar-refractivity contribution is -0.116. The SMILES string of the molecule is CCn1c(SCC(=O)N2CCc3cc(-c4csc(C)n4)ccc32)nnc1-c1ccco1. The highest BCUT2D eigenvalue weighted by Crippen LogP contribution is 2.33. The third kappa shape index (κ3) is 3.79. The lowest BCUT2D eigenvalue weighted by atomic mass is 10.1. The van der Waals surface area contributed by atoms with Gasteiger partial charge in [-0.1, -0.05) is 17.8 Å². The summed E-state index contributed by atoms with van der Waals surface area (Å²) in [5.41, 5.74) is 4.29. The van der Waals surface area contributed by atoms with Crippen molar-refractivity contribution >= 4 is 34.7 Å². The Hall–Kier alpha value is -2.91. The van der Waals surface area contributed by atoms with Gasteiger partial charge in [0.05, 0.1) is 22.7 Å². The summed E-state index contributed by atoms with van der Waals surface area (Å²) in [6.07, 6.45) is 2.47. The summed E-state index contributed by atoms with van der Waals surface area (Å²) >= 11 is 3.06. The fourth-order valence-corrected chi connectivity index (χ4v) is 5.29. The second-order valence-corrected chi connectivity index (χ2v) is 9.21. The number of thioether (sulfide) groups is 1. The molecular weight excluding hydrogens is 430 g/mol. The molecule has 158 valence electrons. The molecule has 0 aliphatic carbocycles. The average Bonchev–Trinajstić information content (AvgIpc) is 3.57. The third-order valence-corrected chi connectivity index (χ3v) is 7.02. The lowest BCUT2D eigenvalue weighted by Gasteiger charge is -2.17. The highest BCUT2D eigenvalue weighted by Gasteiger charge is 2.26. The molecule has 0 fully saturated rings. The van der Waals surface area contributed by atoms with E-state index in [0.29, 0.717) is 30.4 Å². The number of thiazole rings is 1. The van der Waals surface area contributed by atoms with Gasteiger partial charge in [-0.2, -0.15) is 0 Å². The van der Waals surface area contributed by atoms with Gasteiger partial charge in [0.2, 0.25) is 5.91 Å². The Morgan fingerprint density at radius 3 is 2.94 bits per heavy atom. The number of rotatable bonds is 6. The summed E-state index contributed by atoms with van der Waals surface area (Å²) < 4.78 is 7.42. The van der Waals surface area contributed by atoms with Crippen molar-refractivity contribution < 1.29 is 9.21 Å². The number of amides is 1. The molecule has 1 aromatic carbocycles. The molecule has 5 rings (SSSR count). The van der Waals surface area contributed by atoms with Crippen LogP contribution in [0.2, 0.25) is 0 Å². The normalized spacial score (nSPS) is 13.0. The summed E-state index contributed by atoms with van der Waals surface area (Å²) in [5.74, 6) is 1.74. The Kier molecular flexibility index (Phi) is 5.37. The van der Waals surface area contributed by atoms with Crippen molar-refractivity contribution in [3.63, 3.8) is 0 Å². The van der Waals surface area contributed by atoms with Crippen molar-refractivity contribution in [3.05, 3.63) is 52.5 Å². The number of benzene rings is 1. The number of furan rings is 1. The first-order valence-corrected chi connectivity index (χ1v) is 12.0. The van der Waals surface area contributed by atoms with Crippen molar-refractivity contribution in [1.82, 2.24) is 19.7 Å². The number of aryl methyl sites for hydroxylation is 1. The molecule has 9 heteroatoms. The van der Waals surface area contributed by atoms with Gasteiger partial charge in [0, 0.05) is 29.7 Å². The van der Waals surface area contributed by atoms with Crippen LogP contribution >= 0.6 is 23.1 Å². The molecule has 0 radical (unpaired) electrons. The van der Waals surface area contributed by atoms with E-state index in [1.165, 1.54) is 17.3 Å². The first-order chi connectivity index (χ1) is 15.1. The van der Waals surface area contributed by atoms with Crippen LogP contribution in [0.15, 0.2) is 51.5 Å². The Balaban J connectivity index is 1.30. The van der Waals surface area contributed by atoms with Crippen LogP contribution in [-0.2, 0) is 17.8 Å². The molecule has 1 aliphatic rings. The molecule has 3 aromatic heterocycles. The molecule has 7 nitrogen and oxygen atoms in total. The molecule has 4 heterocycles. The van der Waals surface area contributed by atoms with Crippen LogP contribution in [0.5, 0.6) is 0 Å². The maximum Gasteiger partial charge on any atom is 0.237 e. The van der Waals surface area contributed by atoms with Crippen LogP contribution in [0.25, 0.3) is 22.8 Å². The summed E-state index contributed by atoms with van der Waals surface area (Å²) in [6.45, 7) is 5.44. The standard InChI is InChI=1S/C22H21N5O2S2/c1-3-26-21(19-5-4-10-29-19)24-25-22(26)31-13-20(28)27-9-8-16-11-15(6-7-18(16)27)17-12-30-14(2)23-17/h4-7,10-12H,3,8-9,13H2,1-2H3. The minimum Gasteiger partial charge on any atom is -0.461 e. The van der Waals surface area contributed by atoms with Gasteiger partial charge < -0.3 is 9.32 Å². The number of nitrogens with zero attached hydrogens (tertiary/aromatic N) is 5. The molecule has 0 unspecified atom stereocenters. The van der Waals surface area contributed by atoms with E-state index < -0.39 is 0 Å². The van der Waals surface area contributed by atoms with Crippen molar-refractivity contribution in [2.75, 3.05) is 17.2 Å². The van der Waals surface area contributed by atoms with Crippen molar-refractivity contribution in [1.29, 1.82) is 0 Å². The number of anilines is 1. The van der Waals surface area contributed by atoms with E-state index in [2.05, 4.69) is 32.7 Å². The topological polar surface area (TPSA) is 77.1 Å². The van der Waals surface area contributed by atoms with Crippen LogP contribution in [-0.4, -0.2) is 38.0 Å². The zero-order valence-corrected chi connectivity index (χ0v) is 18.9. The molecule has 0 saturated carbocycles. The second-order valence-electron chi connectivity index (χ2n) is 7.21. The van der Waals surface area contributed by atoms with E-state index in [1.807, 2.05) is 41.5 Å². The summed E-state index contributed by atoms with van der Waals surface area (Å²) in [6, 6.07) is 9.94. The van der Waals surface area contributed by atoms with Crippen LogP contribution in [0.4, 0.5) is 5.69 Å². The van der Waals surface area contributed by atoms with Crippen LogP contribution < -0.4 is 4.90 Å². The molecule has 0 saturated heterocycles. The fraction of sp³-hybridized carbons (Fsp3) is 0.273. The number of carbonyl (C=O) groups is 1. The first-order valence-electron chi connectivity index (χ1n) is 10.1. The van der Waals surface area contributed by atoms with E-state index in [9.17, 15) is 4.79 Å². The average molecular weight is 452 g/mol. The Bertz CT molecular complexity index is 1230. The number of aromatic nitrogens is 4. The van der Waals surface area contributed by atoms with E-state index >= 15 is 0 Å². The highest BCUT2D eigenvalue weighted by molar-refractivity contribution is 7.99.